The SMILES string of the molecule is c1ccc2c(-c3cc(-c4c5ccccc5cc5ccccc45)nc(-c4ccncn4)n3)c3ccccc3cc2c1. The van der Waals surface area contributed by atoms with Gasteiger partial charge in [0.2, 0.25) is 0 Å². The second-order valence-corrected chi connectivity index (χ2v) is 9.94. The monoisotopic (exact) mass is 510 g/mol. The molecule has 0 aliphatic heterocycles. The standard InChI is InChI=1S/C36H22N4/c1-5-13-27-23(9-1)19-24-10-2-6-14-28(24)34(27)32-21-33(40-36(39-32)31-17-18-37-22-38-31)35-29-15-7-3-11-25(29)20-26-12-4-8-16-30(26)35/h1-22H. The molecule has 186 valence electrons. The van der Waals surface area contributed by atoms with Crippen LogP contribution in [0.3, 0.4) is 0 Å². The number of hydrogen-bond acceptors (Lipinski definition) is 4. The average molecular weight is 511 g/mol. The lowest BCUT2D eigenvalue weighted by Gasteiger charge is -2.16. The van der Waals surface area contributed by atoms with Crippen LogP contribution in [0.1, 0.15) is 0 Å². The van der Waals surface area contributed by atoms with Crippen molar-refractivity contribution in [3.63, 3.8) is 0 Å². The largest absolute Gasteiger partial charge is 0.245 e. The Balaban J connectivity index is 1.53. The summed E-state index contributed by atoms with van der Waals surface area (Å²) in [6.45, 7) is 0. The van der Waals surface area contributed by atoms with E-state index in [0.29, 0.717) is 11.5 Å². The maximum absolute atomic E-state index is 5.16. The van der Waals surface area contributed by atoms with Gasteiger partial charge in [-0.3, -0.25) is 0 Å². The van der Waals surface area contributed by atoms with E-state index in [9.17, 15) is 0 Å². The molecule has 0 saturated carbocycles. The number of benzene rings is 6. The fraction of sp³-hybridized carbons (Fsp3) is 0. The van der Waals surface area contributed by atoms with Crippen LogP contribution in [0, 0.1) is 0 Å². The van der Waals surface area contributed by atoms with Crippen LogP contribution in [0.4, 0.5) is 0 Å². The summed E-state index contributed by atoms with van der Waals surface area (Å²) < 4.78 is 0. The molecule has 0 radical (unpaired) electrons. The van der Waals surface area contributed by atoms with Crippen molar-refractivity contribution in [2.45, 2.75) is 0 Å². The maximum Gasteiger partial charge on any atom is 0.179 e. The molecule has 4 nitrogen and oxygen atoms in total. The first-order valence-electron chi connectivity index (χ1n) is 13.3. The zero-order chi connectivity index (χ0) is 26.5. The highest BCUT2D eigenvalue weighted by Gasteiger charge is 2.18. The van der Waals surface area contributed by atoms with Gasteiger partial charge in [-0.05, 0) is 67.4 Å². The molecule has 6 aromatic carbocycles. The Hall–Kier alpha value is -5.48. The van der Waals surface area contributed by atoms with Crippen molar-refractivity contribution in [1.29, 1.82) is 0 Å². The third kappa shape index (κ3) is 3.62. The molecule has 4 heteroatoms. The third-order valence-electron chi connectivity index (χ3n) is 7.59. The van der Waals surface area contributed by atoms with Crippen molar-refractivity contribution in [3.05, 3.63) is 134 Å². The van der Waals surface area contributed by atoms with Crippen LogP contribution >= 0.6 is 0 Å². The van der Waals surface area contributed by atoms with Gasteiger partial charge in [-0.25, -0.2) is 19.9 Å². The second kappa shape index (κ2) is 9.07. The zero-order valence-corrected chi connectivity index (χ0v) is 21.5. The van der Waals surface area contributed by atoms with Crippen LogP contribution < -0.4 is 0 Å². The van der Waals surface area contributed by atoms with Gasteiger partial charge >= 0.3 is 0 Å². The summed E-state index contributed by atoms with van der Waals surface area (Å²) in [5.41, 5.74) is 4.61. The smallest absolute Gasteiger partial charge is 0.179 e. The molecule has 40 heavy (non-hydrogen) atoms. The van der Waals surface area contributed by atoms with E-state index in [1.54, 1.807) is 12.5 Å². The van der Waals surface area contributed by atoms with Gasteiger partial charge in [0.1, 0.15) is 12.0 Å². The predicted octanol–water partition coefficient (Wildman–Crippen LogP) is 8.88. The highest BCUT2D eigenvalue weighted by molar-refractivity contribution is 6.14. The van der Waals surface area contributed by atoms with Gasteiger partial charge in [0.05, 0.1) is 11.4 Å². The molecule has 0 bridgehead atoms. The summed E-state index contributed by atoms with van der Waals surface area (Å²) in [7, 11) is 0. The molecule has 0 atom stereocenters. The van der Waals surface area contributed by atoms with Gasteiger partial charge in [-0.2, -0.15) is 0 Å². The van der Waals surface area contributed by atoms with Crippen LogP contribution in [0.5, 0.6) is 0 Å². The predicted molar refractivity (Wildman–Crippen MR) is 164 cm³/mol. The van der Waals surface area contributed by atoms with Gasteiger partial charge in [-0.1, -0.05) is 97.1 Å². The molecule has 2 aromatic heterocycles. The third-order valence-corrected chi connectivity index (χ3v) is 7.59. The van der Waals surface area contributed by atoms with Crippen molar-refractivity contribution in [2.24, 2.45) is 0 Å². The van der Waals surface area contributed by atoms with Gasteiger partial charge in [0, 0.05) is 17.3 Å². The van der Waals surface area contributed by atoms with E-state index in [1.165, 1.54) is 21.5 Å². The number of hydrogen-bond donors (Lipinski definition) is 0. The average Bonchev–Trinajstić information content (AvgIpc) is 3.02. The molecule has 0 aliphatic rings. The highest BCUT2D eigenvalue weighted by atomic mass is 14.9. The minimum absolute atomic E-state index is 0.573. The lowest BCUT2D eigenvalue weighted by Crippen LogP contribution is -1.99. The van der Waals surface area contributed by atoms with Crippen molar-refractivity contribution < 1.29 is 0 Å². The Morgan fingerprint density at radius 2 is 0.825 bits per heavy atom. The van der Waals surface area contributed by atoms with E-state index >= 15 is 0 Å². The van der Waals surface area contributed by atoms with Crippen molar-refractivity contribution in [3.8, 4) is 34.0 Å². The maximum atomic E-state index is 5.16. The summed E-state index contributed by atoms with van der Waals surface area (Å²) in [4.78, 5) is 19.0. The first-order valence-corrected chi connectivity index (χ1v) is 13.3. The number of fused-ring (bicyclic) bond motifs is 4. The summed E-state index contributed by atoms with van der Waals surface area (Å²) in [6.07, 6.45) is 3.28. The Labute approximate surface area is 230 Å². The van der Waals surface area contributed by atoms with E-state index in [0.717, 1.165) is 44.1 Å². The molecular formula is C36H22N4. The highest BCUT2D eigenvalue weighted by Crippen LogP contribution is 2.40. The molecular weight excluding hydrogens is 488 g/mol. The number of aromatic nitrogens is 4. The fourth-order valence-electron chi connectivity index (χ4n) is 5.82. The molecule has 0 saturated heterocycles. The molecule has 0 N–H and O–H groups in total. The summed E-state index contributed by atoms with van der Waals surface area (Å²) in [5.74, 6) is 0.573. The Morgan fingerprint density at radius 3 is 1.23 bits per heavy atom. The summed E-state index contributed by atoms with van der Waals surface area (Å²) in [6, 6.07) is 42.6. The topological polar surface area (TPSA) is 51.6 Å². The van der Waals surface area contributed by atoms with Crippen LogP contribution in [0.2, 0.25) is 0 Å². The van der Waals surface area contributed by atoms with Crippen LogP contribution in [0.15, 0.2) is 134 Å². The molecule has 0 spiro atoms. The lowest BCUT2D eigenvalue weighted by molar-refractivity contribution is 1.11. The molecule has 8 aromatic rings. The fourth-order valence-corrected chi connectivity index (χ4v) is 5.82. The first kappa shape index (κ1) is 22.5. The van der Waals surface area contributed by atoms with E-state index in [4.69, 9.17) is 9.97 Å². The minimum Gasteiger partial charge on any atom is -0.245 e. The van der Waals surface area contributed by atoms with Gasteiger partial charge in [0.25, 0.3) is 0 Å². The normalized spacial score (nSPS) is 11.5. The van der Waals surface area contributed by atoms with Crippen molar-refractivity contribution >= 4 is 43.1 Å². The van der Waals surface area contributed by atoms with Crippen molar-refractivity contribution in [1.82, 2.24) is 19.9 Å². The Bertz CT molecular complexity index is 1980. The van der Waals surface area contributed by atoms with E-state index in [-0.39, 0.29) is 0 Å². The molecule has 8 rings (SSSR count). The molecule has 0 amide bonds. The van der Waals surface area contributed by atoms with Crippen LogP contribution in [0.25, 0.3) is 77.1 Å². The quantitative estimate of drug-likeness (QED) is 0.223. The molecule has 0 aliphatic carbocycles. The Morgan fingerprint density at radius 1 is 0.400 bits per heavy atom. The number of nitrogens with zero attached hydrogens (tertiary/aromatic N) is 4. The van der Waals surface area contributed by atoms with E-state index in [1.807, 2.05) is 6.07 Å². The Kier molecular flexibility index (Phi) is 5.10. The van der Waals surface area contributed by atoms with Crippen LogP contribution in [-0.2, 0) is 0 Å². The summed E-state index contributed by atoms with van der Waals surface area (Å²) in [5, 5.41) is 9.33. The first-order chi connectivity index (χ1) is 19.8. The van der Waals surface area contributed by atoms with Crippen molar-refractivity contribution in [2.75, 3.05) is 0 Å². The van der Waals surface area contributed by atoms with E-state index in [2.05, 4.69) is 125 Å². The van der Waals surface area contributed by atoms with Gasteiger partial charge in [-0.15, -0.1) is 0 Å². The van der Waals surface area contributed by atoms with Crippen LogP contribution in [-0.4, -0.2) is 19.9 Å². The zero-order valence-electron chi connectivity index (χ0n) is 21.5. The number of rotatable bonds is 3. The molecule has 0 unspecified atom stereocenters. The molecule has 0 fully saturated rings. The minimum atomic E-state index is 0.573. The summed E-state index contributed by atoms with van der Waals surface area (Å²) >= 11 is 0. The molecule has 2 heterocycles. The second-order valence-electron chi connectivity index (χ2n) is 9.94. The van der Waals surface area contributed by atoms with Gasteiger partial charge in [0.15, 0.2) is 5.82 Å². The lowest BCUT2D eigenvalue weighted by atomic mass is 9.92. The van der Waals surface area contributed by atoms with E-state index < -0.39 is 0 Å². The van der Waals surface area contributed by atoms with Gasteiger partial charge < -0.3 is 0 Å².